The van der Waals surface area contributed by atoms with Crippen LogP contribution in [0.15, 0.2) is 0 Å². The van der Waals surface area contributed by atoms with Crippen molar-refractivity contribution in [3.63, 3.8) is 0 Å². The summed E-state index contributed by atoms with van der Waals surface area (Å²) in [6.07, 6.45) is 4.85. The first-order valence-electron chi connectivity index (χ1n) is 8.37. The second-order valence-corrected chi connectivity index (χ2v) is 6.23. The normalized spacial score (nSPS) is 17.3. The maximum atomic E-state index is 11.9. The van der Waals surface area contributed by atoms with Gasteiger partial charge in [-0.2, -0.15) is 0 Å². The van der Waals surface area contributed by atoms with Crippen molar-refractivity contribution < 1.29 is 9.53 Å². The van der Waals surface area contributed by atoms with E-state index >= 15 is 0 Å². The van der Waals surface area contributed by atoms with E-state index in [2.05, 4.69) is 15.5 Å². The fourth-order valence-corrected chi connectivity index (χ4v) is 2.66. The predicted molar refractivity (Wildman–Crippen MR) is 86.4 cm³/mol. The summed E-state index contributed by atoms with van der Waals surface area (Å²) in [5, 5.41) is 6.19. The van der Waals surface area contributed by atoms with E-state index in [0.29, 0.717) is 13.1 Å². The molecule has 0 aromatic rings. The zero-order valence-corrected chi connectivity index (χ0v) is 14.0. The molecule has 1 amide bonds. The summed E-state index contributed by atoms with van der Waals surface area (Å²) in [6.45, 7) is 9.24. The van der Waals surface area contributed by atoms with Crippen LogP contribution in [-0.2, 0) is 9.53 Å². The van der Waals surface area contributed by atoms with Gasteiger partial charge in [0.25, 0.3) is 0 Å². The lowest BCUT2D eigenvalue weighted by atomic mass is 9.93. The summed E-state index contributed by atoms with van der Waals surface area (Å²) < 4.78 is 5.45. The zero-order chi connectivity index (χ0) is 15.5. The van der Waals surface area contributed by atoms with E-state index < -0.39 is 0 Å². The topological polar surface area (TPSA) is 53.6 Å². The predicted octanol–water partition coefficient (Wildman–Crippen LogP) is 1.24. The second kappa shape index (κ2) is 11.0. The van der Waals surface area contributed by atoms with Gasteiger partial charge >= 0.3 is 0 Å². The Bertz CT molecular complexity index is 277. The molecule has 1 rings (SSSR count). The van der Waals surface area contributed by atoms with E-state index in [-0.39, 0.29) is 12.0 Å². The van der Waals surface area contributed by atoms with Gasteiger partial charge in [-0.15, -0.1) is 0 Å². The van der Waals surface area contributed by atoms with Crippen LogP contribution in [0.5, 0.6) is 0 Å². The van der Waals surface area contributed by atoms with Crippen LogP contribution in [0.4, 0.5) is 0 Å². The Morgan fingerprint density at radius 2 is 2.00 bits per heavy atom. The Hall–Kier alpha value is -0.650. The van der Waals surface area contributed by atoms with Gasteiger partial charge in [0.2, 0.25) is 5.91 Å². The summed E-state index contributed by atoms with van der Waals surface area (Å²) in [5.74, 6) is 0.971. The molecule has 0 atom stereocenters. The van der Waals surface area contributed by atoms with Crippen LogP contribution in [0.25, 0.3) is 0 Å². The number of piperidine rings is 1. The maximum absolute atomic E-state index is 11.9. The zero-order valence-electron chi connectivity index (χ0n) is 14.0. The van der Waals surface area contributed by atoms with Gasteiger partial charge in [0.05, 0.1) is 12.6 Å². The van der Waals surface area contributed by atoms with Crippen LogP contribution in [-0.4, -0.2) is 63.3 Å². The molecule has 1 heterocycles. The number of nitrogens with zero attached hydrogens (tertiary/aromatic N) is 1. The van der Waals surface area contributed by atoms with Crippen molar-refractivity contribution in [2.24, 2.45) is 5.92 Å². The number of likely N-dealkylation sites (tertiary alicyclic amines) is 1. The standard InChI is InChI=1S/C16H33N3O2/c1-14(2)21-12-4-8-18-16(20)13-19-10-6-15(7-11-19)5-9-17-3/h14-15,17H,4-13H2,1-3H3,(H,18,20). The molecule has 5 nitrogen and oxygen atoms in total. The first-order valence-corrected chi connectivity index (χ1v) is 8.37. The van der Waals surface area contributed by atoms with Crippen molar-refractivity contribution in [1.82, 2.24) is 15.5 Å². The molecule has 1 aliphatic rings. The molecule has 0 unspecified atom stereocenters. The molecule has 0 aliphatic carbocycles. The Labute approximate surface area is 129 Å². The Kier molecular flexibility index (Phi) is 9.63. The number of nitrogens with one attached hydrogen (secondary N) is 2. The van der Waals surface area contributed by atoms with E-state index in [9.17, 15) is 4.79 Å². The molecule has 0 aromatic carbocycles. The third-order valence-corrected chi connectivity index (χ3v) is 3.97. The number of rotatable bonds is 10. The maximum Gasteiger partial charge on any atom is 0.234 e. The van der Waals surface area contributed by atoms with Crippen molar-refractivity contribution in [3.05, 3.63) is 0 Å². The first-order chi connectivity index (χ1) is 10.1. The van der Waals surface area contributed by atoms with Gasteiger partial charge in [-0.3, -0.25) is 9.69 Å². The lowest BCUT2D eigenvalue weighted by molar-refractivity contribution is -0.122. The van der Waals surface area contributed by atoms with Gasteiger partial charge in [0, 0.05) is 13.2 Å². The Morgan fingerprint density at radius 3 is 2.62 bits per heavy atom. The number of carbonyl (C=O) groups excluding carboxylic acids is 1. The summed E-state index contributed by atoms with van der Waals surface area (Å²) in [7, 11) is 2.01. The van der Waals surface area contributed by atoms with Crippen molar-refractivity contribution in [2.75, 3.05) is 46.4 Å². The van der Waals surface area contributed by atoms with Crippen LogP contribution in [0, 0.1) is 5.92 Å². The fraction of sp³-hybridized carbons (Fsp3) is 0.938. The molecule has 2 N–H and O–H groups in total. The van der Waals surface area contributed by atoms with E-state index in [1.54, 1.807) is 0 Å². The Morgan fingerprint density at radius 1 is 1.29 bits per heavy atom. The highest BCUT2D eigenvalue weighted by Gasteiger charge is 2.20. The van der Waals surface area contributed by atoms with Gasteiger partial charge in [-0.05, 0) is 72.1 Å². The summed E-state index contributed by atoms with van der Waals surface area (Å²) in [5.41, 5.74) is 0. The lowest BCUT2D eigenvalue weighted by Crippen LogP contribution is -2.42. The minimum absolute atomic E-state index is 0.147. The average Bonchev–Trinajstić information content (AvgIpc) is 2.46. The van der Waals surface area contributed by atoms with E-state index in [4.69, 9.17) is 4.74 Å². The van der Waals surface area contributed by atoms with E-state index in [0.717, 1.165) is 38.6 Å². The van der Waals surface area contributed by atoms with Crippen molar-refractivity contribution in [2.45, 2.75) is 45.6 Å². The van der Waals surface area contributed by atoms with Crippen LogP contribution < -0.4 is 10.6 Å². The minimum Gasteiger partial charge on any atom is -0.379 e. The molecule has 0 spiro atoms. The van der Waals surface area contributed by atoms with Crippen molar-refractivity contribution >= 4 is 5.91 Å². The molecule has 1 aliphatic heterocycles. The quantitative estimate of drug-likeness (QED) is 0.596. The average molecular weight is 299 g/mol. The van der Waals surface area contributed by atoms with Gasteiger partial charge in [0.15, 0.2) is 0 Å². The summed E-state index contributed by atoms with van der Waals surface area (Å²) in [4.78, 5) is 14.1. The number of amides is 1. The van der Waals surface area contributed by atoms with Crippen LogP contribution in [0.2, 0.25) is 0 Å². The van der Waals surface area contributed by atoms with Crippen LogP contribution in [0.3, 0.4) is 0 Å². The Balaban J connectivity index is 2.02. The van der Waals surface area contributed by atoms with Gasteiger partial charge in [-0.25, -0.2) is 0 Å². The fourth-order valence-electron chi connectivity index (χ4n) is 2.66. The number of ether oxygens (including phenoxy) is 1. The van der Waals surface area contributed by atoms with Gasteiger partial charge in [0.1, 0.15) is 0 Å². The molecule has 0 saturated carbocycles. The van der Waals surface area contributed by atoms with Crippen molar-refractivity contribution in [1.29, 1.82) is 0 Å². The largest absolute Gasteiger partial charge is 0.379 e. The smallest absolute Gasteiger partial charge is 0.234 e. The SMILES string of the molecule is CNCCC1CCN(CC(=O)NCCCOC(C)C)CC1. The van der Waals surface area contributed by atoms with Gasteiger partial charge in [-0.1, -0.05) is 0 Å². The monoisotopic (exact) mass is 299 g/mol. The van der Waals surface area contributed by atoms with Crippen molar-refractivity contribution in [3.8, 4) is 0 Å². The number of hydrogen-bond acceptors (Lipinski definition) is 4. The van der Waals surface area contributed by atoms with Crippen LogP contribution >= 0.6 is 0 Å². The number of hydrogen-bond donors (Lipinski definition) is 2. The third kappa shape index (κ3) is 9.06. The van der Waals surface area contributed by atoms with E-state index in [1.165, 1.54) is 19.3 Å². The second-order valence-electron chi connectivity index (χ2n) is 6.23. The highest BCUT2D eigenvalue weighted by molar-refractivity contribution is 5.77. The molecule has 124 valence electrons. The molecule has 5 heteroatoms. The minimum atomic E-state index is 0.147. The number of carbonyl (C=O) groups is 1. The highest BCUT2D eigenvalue weighted by Crippen LogP contribution is 2.19. The molecular weight excluding hydrogens is 266 g/mol. The lowest BCUT2D eigenvalue weighted by Gasteiger charge is -2.31. The molecule has 21 heavy (non-hydrogen) atoms. The molecular formula is C16H33N3O2. The van der Waals surface area contributed by atoms with Gasteiger partial charge < -0.3 is 15.4 Å². The highest BCUT2D eigenvalue weighted by atomic mass is 16.5. The molecule has 1 saturated heterocycles. The summed E-state index contributed by atoms with van der Waals surface area (Å²) >= 11 is 0. The van der Waals surface area contributed by atoms with E-state index in [1.807, 2.05) is 20.9 Å². The summed E-state index contributed by atoms with van der Waals surface area (Å²) in [6, 6.07) is 0. The molecule has 0 radical (unpaired) electrons. The molecule has 0 bridgehead atoms. The molecule has 0 aromatic heterocycles. The van der Waals surface area contributed by atoms with Crippen LogP contribution in [0.1, 0.15) is 39.5 Å². The molecule has 1 fully saturated rings. The third-order valence-electron chi connectivity index (χ3n) is 3.97. The first kappa shape index (κ1) is 18.4.